The van der Waals surface area contributed by atoms with Crippen LogP contribution in [0, 0.1) is 0 Å². The molecule has 0 amide bonds. The SMILES string of the molecule is CC(N)C1(CCO)CCSc2ccccc21. The third kappa shape index (κ3) is 1.88. The second-order valence-electron chi connectivity index (χ2n) is 4.51. The molecule has 1 heterocycles. The Morgan fingerprint density at radius 1 is 1.50 bits per heavy atom. The van der Waals surface area contributed by atoms with Crippen molar-refractivity contribution in [2.24, 2.45) is 5.73 Å². The van der Waals surface area contributed by atoms with E-state index in [1.54, 1.807) is 0 Å². The molecule has 0 saturated heterocycles. The van der Waals surface area contributed by atoms with E-state index in [2.05, 4.69) is 31.2 Å². The molecule has 88 valence electrons. The average Bonchev–Trinajstić information content (AvgIpc) is 2.29. The number of nitrogens with two attached hydrogens (primary N) is 1. The van der Waals surface area contributed by atoms with Crippen molar-refractivity contribution in [1.82, 2.24) is 0 Å². The third-order valence-corrected chi connectivity index (χ3v) is 4.73. The van der Waals surface area contributed by atoms with Gasteiger partial charge in [0.05, 0.1) is 0 Å². The lowest BCUT2D eigenvalue weighted by molar-refractivity contribution is 0.211. The zero-order valence-corrected chi connectivity index (χ0v) is 10.5. The van der Waals surface area contributed by atoms with E-state index in [-0.39, 0.29) is 18.1 Å². The maximum atomic E-state index is 9.30. The van der Waals surface area contributed by atoms with Gasteiger partial charge in [-0.1, -0.05) is 18.2 Å². The van der Waals surface area contributed by atoms with Crippen molar-refractivity contribution in [3.63, 3.8) is 0 Å². The fourth-order valence-corrected chi connectivity index (χ4v) is 3.93. The first-order chi connectivity index (χ1) is 7.70. The lowest BCUT2D eigenvalue weighted by Gasteiger charge is -2.41. The third-order valence-electron chi connectivity index (χ3n) is 3.66. The summed E-state index contributed by atoms with van der Waals surface area (Å²) in [5.41, 5.74) is 7.48. The minimum atomic E-state index is -0.0312. The summed E-state index contributed by atoms with van der Waals surface area (Å²) in [6.45, 7) is 2.27. The summed E-state index contributed by atoms with van der Waals surface area (Å²) in [6.07, 6.45) is 1.83. The summed E-state index contributed by atoms with van der Waals surface area (Å²) in [4.78, 5) is 1.33. The van der Waals surface area contributed by atoms with Crippen molar-refractivity contribution in [2.45, 2.75) is 36.1 Å². The predicted octanol–water partition coefficient (Wildman–Crippen LogP) is 2.15. The Bertz CT molecular complexity index is 367. The van der Waals surface area contributed by atoms with E-state index in [0.717, 1.165) is 18.6 Å². The molecule has 2 nitrogen and oxygen atoms in total. The molecule has 1 aliphatic heterocycles. The Balaban J connectivity index is 2.48. The smallest absolute Gasteiger partial charge is 0.0440 e. The summed E-state index contributed by atoms with van der Waals surface area (Å²) >= 11 is 1.90. The molecule has 2 unspecified atom stereocenters. The van der Waals surface area contributed by atoms with Gasteiger partial charge in [0, 0.05) is 23.0 Å². The van der Waals surface area contributed by atoms with Gasteiger partial charge in [0.2, 0.25) is 0 Å². The van der Waals surface area contributed by atoms with Gasteiger partial charge < -0.3 is 10.8 Å². The van der Waals surface area contributed by atoms with Crippen LogP contribution in [0.3, 0.4) is 0 Å². The van der Waals surface area contributed by atoms with Crippen LogP contribution in [0.4, 0.5) is 0 Å². The molecule has 0 saturated carbocycles. The van der Waals surface area contributed by atoms with E-state index in [1.807, 2.05) is 11.8 Å². The van der Waals surface area contributed by atoms with Gasteiger partial charge >= 0.3 is 0 Å². The average molecular weight is 237 g/mol. The van der Waals surface area contributed by atoms with Crippen LogP contribution in [0.25, 0.3) is 0 Å². The van der Waals surface area contributed by atoms with Gasteiger partial charge in [0.1, 0.15) is 0 Å². The van der Waals surface area contributed by atoms with Crippen molar-refractivity contribution < 1.29 is 5.11 Å². The fourth-order valence-electron chi connectivity index (χ4n) is 2.64. The van der Waals surface area contributed by atoms with Gasteiger partial charge in [-0.2, -0.15) is 0 Å². The number of hydrogen-bond donors (Lipinski definition) is 2. The Kier molecular flexibility index (Phi) is 3.57. The number of rotatable bonds is 3. The van der Waals surface area contributed by atoms with Gasteiger partial charge in [0.25, 0.3) is 0 Å². The van der Waals surface area contributed by atoms with Crippen molar-refractivity contribution in [1.29, 1.82) is 0 Å². The molecule has 0 aromatic heterocycles. The van der Waals surface area contributed by atoms with Gasteiger partial charge in [-0.25, -0.2) is 0 Å². The van der Waals surface area contributed by atoms with Crippen LogP contribution in [0.2, 0.25) is 0 Å². The zero-order chi connectivity index (χ0) is 11.6. The molecule has 16 heavy (non-hydrogen) atoms. The Morgan fingerprint density at radius 2 is 2.25 bits per heavy atom. The van der Waals surface area contributed by atoms with E-state index >= 15 is 0 Å². The van der Waals surface area contributed by atoms with Crippen molar-refractivity contribution in [3.8, 4) is 0 Å². The van der Waals surface area contributed by atoms with Crippen molar-refractivity contribution in [3.05, 3.63) is 29.8 Å². The largest absolute Gasteiger partial charge is 0.396 e. The molecule has 3 heteroatoms. The second kappa shape index (κ2) is 4.78. The molecular weight excluding hydrogens is 218 g/mol. The minimum absolute atomic E-state index is 0.0312. The van der Waals surface area contributed by atoms with E-state index in [0.29, 0.717) is 0 Å². The molecule has 2 atom stereocenters. The van der Waals surface area contributed by atoms with E-state index < -0.39 is 0 Å². The van der Waals surface area contributed by atoms with Gasteiger partial charge in [0.15, 0.2) is 0 Å². The first-order valence-electron chi connectivity index (χ1n) is 5.79. The predicted molar refractivity (Wildman–Crippen MR) is 68.8 cm³/mol. The molecule has 0 bridgehead atoms. The second-order valence-corrected chi connectivity index (χ2v) is 5.65. The van der Waals surface area contributed by atoms with Crippen LogP contribution in [0.1, 0.15) is 25.3 Å². The number of hydrogen-bond acceptors (Lipinski definition) is 3. The first kappa shape index (κ1) is 12.0. The van der Waals surface area contributed by atoms with Crippen LogP contribution in [-0.4, -0.2) is 23.5 Å². The summed E-state index contributed by atoms with van der Waals surface area (Å²) in [6, 6.07) is 8.55. The van der Waals surface area contributed by atoms with Crippen molar-refractivity contribution >= 4 is 11.8 Å². The number of aliphatic hydroxyl groups excluding tert-OH is 1. The van der Waals surface area contributed by atoms with E-state index in [9.17, 15) is 5.11 Å². The Hall–Kier alpha value is -0.510. The van der Waals surface area contributed by atoms with Gasteiger partial charge in [-0.3, -0.25) is 0 Å². The maximum absolute atomic E-state index is 9.30. The number of aliphatic hydroxyl groups is 1. The Morgan fingerprint density at radius 3 is 2.94 bits per heavy atom. The normalized spacial score (nSPS) is 26.2. The monoisotopic (exact) mass is 237 g/mol. The highest BCUT2D eigenvalue weighted by molar-refractivity contribution is 7.99. The molecule has 0 fully saturated rings. The van der Waals surface area contributed by atoms with Gasteiger partial charge in [-0.05, 0) is 37.1 Å². The fraction of sp³-hybridized carbons (Fsp3) is 0.538. The van der Waals surface area contributed by atoms with Crippen molar-refractivity contribution in [2.75, 3.05) is 12.4 Å². The standard InChI is InChI=1S/C13H19NOS/c1-10(14)13(6-8-15)7-9-16-12-5-3-2-4-11(12)13/h2-5,10,15H,6-9,14H2,1H3. The number of benzene rings is 1. The lowest BCUT2D eigenvalue weighted by Crippen LogP contribution is -2.46. The molecule has 0 radical (unpaired) electrons. The van der Waals surface area contributed by atoms with E-state index in [1.165, 1.54) is 10.5 Å². The summed E-state index contributed by atoms with van der Waals surface area (Å²) < 4.78 is 0. The first-order valence-corrected chi connectivity index (χ1v) is 6.78. The Labute approximate surface area is 101 Å². The molecular formula is C13H19NOS. The molecule has 1 aromatic rings. The van der Waals surface area contributed by atoms with E-state index in [4.69, 9.17) is 5.73 Å². The summed E-state index contributed by atoms with van der Waals surface area (Å²) in [5.74, 6) is 1.10. The van der Waals surface area contributed by atoms with Crippen LogP contribution < -0.4 is 5.73 Å². The highest BCUT2D eigenvalue weighted by atomic mass is 32.2. The molecule has 1 aromatic carbocycles. The highest BCUT2D eigenvalue weighted by Gasteiger charge is 2.39. The van der Waals surface area contributed by atoms with Crippen LogP contribution in [0.5, 0.6) is 0 Å². The quantitative estimate of drug-likeness (QED) is 0.846. The lowest BCUT2D eigenvalue weighted by atomic mass is 9.70. The number of fused-ring (bicyclic) bond motifs is 1. The molecule has 3 N–H and O–H groups in total. The minimum Gasteiger partial charge on any atom is -0.396 e. The summed E-state index contributed by atoms with van der Waals surface area (Å²) in [7, 11) is 0. The topological polar surface area (TPSA) is 46.2 Å². The number of thioether (sulfide) groups is 1. The maximum Gasteiger partial charge on any atom is 0.0440 e. The van der Waals surface area contributed by atoms with Crippen LogP contribution in [-0.2, 0) is 5.41 Å². The molecule has 1 aliphatic rings. The molecule has 2 rings (SSSR count). The molecule has 0 aliphatic carbocycles. The zero-order valence-electron chi connectivity index (χ0n) is 9.65. The highest BCUT2D eigenvalue weighted by Crippen LogP contribution is 2.45. The summed E-state index contributed by atoms with van der Waals surface area (Å²) in [5, 5.41) is 9.30. The van der Waals surface area contributed by atoms with Gasteiger partial charge in [-0.15, -0.1) is 11.8 Å². The van der Waals surface area contributed by atoms with Crippen LogP contribution >= 0.6 is 11.8 Å². The van der Waals surface area contributed by atoms with Crippen LogP contribution in [0.15, 0.2) is 29.2 Å². The molecule has 0 spiro atoms.